The second-order valence-corrected chi connectivity index (χ2v) is 10.1. The Labute approximate surface area is 220 Å². The summed E-state index contributed by atoms with van der Waals surface area (Å²) in [5.74, 6) is 0.904. The molecule has 0 aliphatic carbocycles. The van der Waals surface area contributed by atoms with Crippen molar-refractivity contribution >= 4 is 17.1 Å². The molecule has 1 fully saturated rings. The van der Waals surface area contributed by atoms with Gasteiger partial charge in [0.2, 0.25) is 0 Å². The number of oxazole rings is 1. The Kier molecular flexibility index (Phi) is 6.49. The average molecular weight is 519 g/mol. The van der Waals surface area contributed by atoms with Crippen molar-refractivity contribution in [2.24, 2.45) is 0 Å². The lowest BCUT2D eigenvalue weighted by Crippen LogP contribution is -2.52. The number of urea groups is 1. The van der Waals surface area contributed by atoms with Gasteiger partial charge in [-0.05, 0) is 49.7 Å². The number of nitrogens with zero attached hydrogens (tertiary/aromatic N) is 4. The van der Waals surface area contributed by atoms with Gasteiger partial charge in [-0.2, -0.15) is 5.10 Å². The van der Waals surface area contributed by atoms with Crippen LogP contribution in [-0.2, 0) is 19.5 Å². The highest BCUT2D eigenvalue weighted by molar-refractivity contribution is 5.81. The maximum atomic E-state index is 14.5. The number of rotatable bonds is 5. The van der Waals surface area contributed by atoms with Crippen molar-refractivity contribution in [2.45, 2.75) is 45.3 Å². The van der Waals surface area contributed by atoms with Crippen molar-refractivity contribution in [2.75, 3.05) is 26.7 Å². The molecule has 0 bridgehead atoms. The second-order valence-electron chi connectivity index (χ2n) is 10.1. The van der Waals surface area contributed by atoms with E-state index in [1.807, 2.05) is 30.0 Å². The van der Waals surface area contributed by atoms with Crippen LogP contribution in [0.4, 0.5) is 9.18 Å². The van der Waals surface area contributed by atoms with Gasteiger partial charge in [0.15, 0.2) is 11.5 Å². The molecule has 2 aliphatic rings. The number of aryl methyl sites for hydroxylation is 1. The predicted molar refractivity (Wildman–Crippen MR) is 140 cm³/mol. The number of methoxy groups -OCH3 is 1. The minimum absolute atomic E-state index is 0.00273. The topological polar surface area (TPSA) is 99.5 Å². The first-order chi connectivity index (χ1) is 18.5. The average Bonchev–Trinajstić information content (AvgIpc) is 3.51. The molecule has 0 unspecified atom stereocenters. The van der Waals surface area contributed by atoms with Crippen LogP contribution in [0.1, 0.15) is 35.6 Å². The Morgan fingerprint density at radius 2 is 2.18 bits per heavy atom. The van der Waals surface area contributed by atoms with Gasteiger partial charge in [-0.1, -0.05) is 6.07 Å². The van der Waals surface area contributed by atoms with Crippen LogP contribution in [0, 0.1) is 12.7 Å². The van der Waals surface area contributed by atoms with Gasteiger partial charge in [0, 0.05) is 61.4 Å². The highest BCUT2D eigenvalue weighted by Gasteiger charge is 2.29. The van der Waals surface area contributed by atoms with E-state index in [2.05, 4.69) is 25.4 Å². The minimum Gasteiger partial charge on any atom is -0.496 e. The molecular formula is C28H31FN6O3. The Bertz CT molecular complexity index is 1480. The minimum atomic E-state index is -0.270. The number of ether oxygens (including phenoxy) is 1. The molecule has 1 atom stereocenters. The Morgan fingerprint density at radius 1 is 1.29 bits per heavy atom. The smallest absolute Gasteiger partial charge is 0.317 e. The summed E-state index contributed by atoms with van der Waals surface area (Å²) in [6, 6.07) is 10.7. The Morgan fingerprint density at radius 3 is 3.05 bits per heavy atom. The summed E-state index contributed by atoms with van der Waals surface area (Å²) >= 11 is 0. The molecule has 1 saturated heterocycles. The van der Waals surface area contributed by atoms with Gasteiger partial charge in [-0.25, -0.2) is 14.2 Å². The van der Waals surface area contributed by atoms with Crippen LogP contribution in [0.15, 0.2) is 40.8 Å². The largest absolute Gasteiger partial charge is 0.496 e. The maximum absolute atomic E-state index is 14.5. The second kappa shape index (κ2) is 10.1. The van der Waals surface area contributed by atoms with Crippen LogP contribution in [0.5, 0.6) is 5.75 Å². The summed E-state index contributed by atoms with van der Waals surface area (Å²) in [6.07, 6.45) is 2.54. The van der Waals surface area contributed by atoms with Crippen molar-refractivity contribution in [1.82, 2.24) is 30.3 Å². The Balaban J connectivity index is 1.12. The number of fused-ring (bicyclic) bond motifs is 2. The fourth-order valence-corrected chi connectivity index (χ4v) is 5.59. The first-order valence-electron chi connectivity index (χ1n) is 13.0. The van der Waals surface area contributed by atoms with Crippen LogP contribution >= 0.6 is 0 Å². The molecule has 10 heteroatoms. The summed E-state index contributed by atoms with van der Waals surface area (Å²) in [5, 5.41) is 11.0. The van der Waals surface area contributed by atoms with E-state index in [-0.39, 0.29) is 17.9 Å². The fourth-order valence-electron chi connectivity index (χ4n) is 5.59. The van der Waals surface area contributed by atoms with Gasteiger partial charge in [0.1, 0.15) is 17.1 Å². The fraction of sp³-hybridized carbons (Fsp3) is 0.393. The number of hydrogen-bond acceptors (Lipinski definition) is 6. The number of aromatic amines is 1. The van der Waals surface area contributed by atoms with Gasteiger partial charge >= 0.3 is 6.03 Å². The number of carbonyl (C=O) groups excluding carboxylic acids is 1. The van der Waals surface area contributed by atoms with Gasteiger partial charge in [0.25, 0.3) is 0 Å². The third kappa shape index (κ3) is 4.71. The van der Waals surface area contributed by atoms with Crippen LogP contribution in [0.3, 0.4) is 0 Å². The number of amides is 2. The normalized spacial score (nSPS) is 18.0. The lowest BCUT2D eigenvalue weighted by atomic mass is 10.0. The molecule has 4 aromatic rings. The van der Waals surface area contributed by atoms with E-state index in [1.54, 1.807) is 19.2 Å². The Hall–Kier alpha value is -3.92. The lowest BCUT2D eigenvalue weighted by molar-refractivity contribution is 0.158. The quantitative estimate of drug-likeness (QED) is 0.406. The summed E-state index contributed by atoms with van der Waals surface area (Å²) in [4.78, 5) is 21.8. The van der Waals surface area contributed by atoms with Crippen LogP contribution in [0.2, 0.25) is 0 Å². The van der Waals surface area contributed by atoms with Gasteiger partial charge < -0.3 is 19.4 Å². The van der Waals surface area contributed by atoms with E-state index >= 15 is 0 Å². The van der Waals surface area contributed by atoms with Crippen molar-refractivity contribution in [3.63, 3.8) is 0 Å². The predicted octanol–water partition coefficient (Wildman–Crippen LogP) is 4.41. The zero-order valence-corrected chi connectivity index (χ0v) is 21.6. The van der Waals surface area contributed by atoms with E-state index in [0.717, 1.165) is 53.0 Å². The number of hydrogen-bond donors (Lipinski definition) is 2. The van der Waals surface area contributed by atoms with Crippen LogP contribution < -0.4 is 10.1 Å². The number of aromatic nitrogens is 3. The molecular weight excluding hydrogens is 487 g/mol. The summed E-state index contributed by atoms with van der Waals surface area (Å²) in [7, 11) is 1.56. The zero-order chi connectivity index (χ0) is 26.2. The third-order valence-electron chi connectivity index (χ3n) is 7.50. The molecule has 2 aliphatic heterocycles. The molecule has 2 aromatic heterocycles. The van der Waals surface area contributed by atoms with Gasteiger partial charge in [0.05, 0.1) is 19.3 Å². The van der Waals surface area contributed by atoms with Crippen LogP contribution in [0.25, 0.3) is 22.4 Å². The van der Waals surface area contributed by atoms with Crippen molar-refractivity contribution < 1.29 is 18.3 Å². The SMILES string of the molecule is COc1cccc(F)c1CN1CCC[C@@H](NC(=O)N2CCc3[nH]nc(-c4ccc5oc(C)nc5c4)c3C2)C1. The standard InChI is InChI=1S/C28H31FN6O3/c1-17-30-24-13-18(8-9-26(24)38-17)27-21-16-35(12-10-23(21)32-33-27)28(36)31-19-5-4-11-34(14-19)15-20-22(29)6-3-7-25(20)37-2/h3,6-9,13,19H,4-5,10-12,14-16H2,1-2H3,(H,31,36)(H,32,33)/t19-/m1/s1. The molecule has 0 radical (unpaired) electrons. The third-order valence-corrected chi connectivity index (χ3v) is 7.50. The number of H-pyrrole nitrogens is 1. The van der Waals surface area contributed by atoms with E-state index in [9.17, 15) is 9.18 Å². The maximum Gasteiger partial charge on any atom is 0.317 e. The summed E-state index contributed by atoms with van der Waals surface area (Å²) < 4.78 is 25.4. The van der Waals surface area contributed by atoms with Gasteiger partial charge in [-0.3, -0.25) is 10.00 Å². The monoisotopic (exact) mass is 518 g/mol. The van der Waals surface area contributed by atoms with Gasteiger partial charge in [-0.15, -0.1) is 0 Å². The van der Waals surface area contributed by atoms with E-state index < -0.39 is 0 Å². The van der Waals surface area contributed by atoms with Crippen molar-refractivity contribution in [3.8, 4) is 17.0 Å². The first kappa shape index (κ1) is 24.4. The molecule has 198 valence electrons. The molecule has 0 spiro atoms. The molecule has 9 nitrogen and oxygen atoms in total. The zero-order valence-electron chi connectivity index (χ0n) is 21.6. The lowest BCUT2D eigenvalue weighted by Gasteiger charge is -2.35. The number of likely N-dealkylation sites (tertiary alicyclic amines) is 1. The van der Waals surface area contributed by atoms with E-state index in [1.165, 1.54) is 6.07 Å². The number of carbonyl (C=O) groups is 1. The van der Waals surface area contributed by atoms with Crippen molar-refractivity contribution in [1.29, 1.82) is 0 Å². The van der Waals surface area contributed by atoms with Crippen LogP contribution in [-0.4, -0.2) is 63.8 Å². The number of benzene rings is 2. The molecule has 2 N–H and O–H groups in total. The molecule has 2 amide bonds. The van der Waals surface area contributed by atoms with Crippen molar-refractivity contribution in [3.05, 3.63) is 64.9 Å². The molecule has 38 heavy (non-hydrogen) atoms. The highest BCUT2D eigenvalue weighted by atomic mass is 19.1. The summed E-state index contributed by atoms with van der Waals surface area (Å²) in [6.45, 7) is 4.88. The number of halogens is 1. The molecule has 4 heterocycles. The van der Waals surface area contributed by atoms with E-state index in [0.29, 0.717) is 49.8 Å². The summed E-state index contributed by atoms with van der Waals surface area (Å²) in [5.41, 5.74) is 5.95. The van der Waals surface area contributed by atoms with E-state index in [4.69, 9.17) is 9.15 Å². The number of piperidine rings is 1. The highest BCUT2D eigenvalue weighted by Crippen LogP contribution is 2.31. The number of nitrogens with one attached hydrogen (secondary N) is 2. The molecule has 0 saturated carbocycles. The molecule has 2 aromatic carbocycles. The molecule has 6 rings (SSSR count). The first-order valence-corrected chi connectivity index (χ1v) is 13.0.